The van der Waals surface area contributed by atoms with E-state index >= 15 is 0 Å². The van der Waals surface area contributed by atoms with Crippen molar-refractivity contribution in [2.75, 3.05) is 0 Å². The molecule has 0 N–H and O–H groups in total. The number of fused-ring (bicyclic) bond motifs is 2. The Hall–Kier alpha value is -3.00. The van der Waals surface area contributed by atoms with E-state index in [1.54, 1.807) is 30.3 Å². The van der Waals surface area contributed by atoms with Crippen molar-refractivity contribution in [3.05, 3.63) is 94.5 Å². The van der Waals surface area contributed by atoms with Crippen LogP contribution in [0.25, 0.3) is 11.1 Å². The highest BCUT2D eigenvalue weighted by Gasteiger charge is 2.29. The summed E-state index contributed by atoms with van der Waals surface area (Å²) in [4.78, 5) is 25.3. The van der Waals surface area contributed by atoms with E-state index in [1.807, 2.05) is 43.3 Å². The molecule has 0 saturated heterocycles. The summed E-state index contributed by atoms with van der Waals surface area (Å²) >= 11 is 0. The first-order valence-corrected chi connectivity index (χ1v) is 7.54. The molecule has 3 aromatic carbocycles. The van der Waals surface area contributed by atoms with Crippen LogP contribution in [0, 0.1) is 6.92 Å². The molecule has 0 heterocycles. The fourth-order valence-corrected chi connectivity index (χ4v) is 3.02. The highest BCUT2D eigenvalue weighted by Crippen LogP contribution is 2.30. The number of rotatable bonds is 1. The molecule has 0 amide bonds. The summed E-state index contributed by atoms with van der Waals surface area (Å²) in [6.07, 6.45) is 0. The largest absolute Gasteiger partial charge is 0.289 e. The van der Waals surface area contributed by atoms with E-state index in [2.05, 4.69) is 0 Å². The van der Waals surface area contributed by atoms with Crippen LogP contribution >= 0.6 is 0 Å². The molecule has 110 valence electrons. The molecule has 0 aromatic heterocycles. The minimum Gasteiger partial charge on any atom is -0.289 e. The van der Waals surface area contributed by atoms with E-state index in [9.17, 15) is 9.59 Å². The first kappa shape index (κ1) is 13.6. The van der Waals surface area contributed by atoms with Gasteiger partial charge in [0.25, 0.3) is 0 Å². The van der Waals surface area contributed by atoms with Crippen LogP contribution in [0.1, 0.15) is 37.4 Å². The SMILES string of the molecule is Cc1ccc(-c2ccc3c(c2)C(=O)c2ccccc2C3=O)cc1. The molecule has 3 aromatic rings. The van der Waals surface area contributed by atoms with Crippen molar-refractivity contribution in [2.45, 2.75) is 6.92 Å². The molecule has 1 aliphatic rings. The zero-order valence-corrected chi connectivity index (χ0v) is 12.7. The van der Waals surface area contributed by atoms with Crippen LogP contribution < -0.4 is 0 Å². The Morgan fingerprint density at radius 2 is 1.09 bits per heavy atom. The van der Waals surface area contributed by atoms with Gasteiger partial charge in [-0.2, -0.15) is 0 Å². The average Bonchev–Trinajstić information content (AvgIpc) is 2.60. The predicted molar refractivity (Wildman–Crippen MR) is 89.9 cm³/mol. The molecule has 4 rings (SSSR count). The summed E-state index contributed by atoms with van der Waals surface area (Å²) in [5, 5.41) is 0. The maximum Gasteiger partial charge on any atom is 0.194 e. The molecule has 0 fully saturated rings. The first-order chi connectivity index (χ1) is 11.1. The second-order valence-corrected chi connectivity index (χ2v) is 5.83. The molecule has 0 spiro atoms. The van der Waals surface area contributed by atoms with Crippen LogP contribution in [0.15, 0.2) is 66.7 Å². The van der Waals surface area contributed by atoms with E-state index in [0.29, 0.717) is 22.3 Å². The van der Waals surface area contributed by atoms with Crippen molar-refractivity contribution in [3.8, 4) is 11.1 Å². The van der Waals surface area contributed by atoms with Crippen molar-refractivity contribution in [1.29, 1.82) is 0 Å². The molecular weight excluding hydrogens is 284 g/mol. The zero-order valence-electron chi connectivity index (χ0n) is 12.7. The first-order valence-electron chi connectivity index (χ1n) is 7.54. The average molecular weight is 298 g/mol. The van der Waals surface area contributed by atoms with Crippen molar-refractivity contribution in [2.24, 2.45) is 0 Å². The van der Waals surface area contributed by atoms with Crippen LogP contribution in [0.4, 0.5) is 0 Å². The van der Waals surface area contributed by atoms with Crippen LogP contribution in [0.3, 0.4) is 0 Å². The molecule has 0 bridgehead atoms. The van der Waals surface area contributed by atoms with E-state index < -0.39 is 0 Å². The fourth-order valence-electron chi connectivity index (χ4n) is 3.02. The molecule has 2 heteroatoms. The number of hydrogen-bond donors (Lipinski definition) is 0. The lowest BCUT2D eigenvalue weighted by Gasteiger charge is -2.18. The fraction of sp³-hybridized carbons (Fsp3) is 0.0476. The number of benzene rings is 3. The number of hydrogen-bond acceptors (Lipinski definition) is 2. The van der Waals surface area contributed by atoms with Crippen molar-refractivity contribution in [1.82, 2.24) is 0 Å². The van der Waals surface area contributed by atoms with E-state index in [4.69, 9.17) is 0 Å². The van der Waals surface area contributed by atoms with Crippen LogP contribution in [0.5, 0.6) is 0 Å². The molecule has 1 aliphatic carbocycles. The van der Waals surface area contributed by atoms with E-state index in [1.165, 1.54) is 5.56 Å². The summed E-state index contributed by atoms with van der Waals surface area (Å²) in [7, 11) is 0. The van der Waals surface area contributed by atoms with Gasteiger partial charge in [-0.1, -0.05) is 60.2 Å². The smallest absolute Gasteiger partial charge is 0.194 e. The molecule has 0 atom stereocenters. The number of carbonyl (C=O) groups is 2. The monoisotopic (exact) mass is 298 g/mol. The van der Waals surface area contributed by atoms with Gasteiger partial charge in [0.15, 0.2) is 11.6 Å². The van der Waals surface area contributed by atoms with E-state index in [0.717, 1.165) is 11.1 Å². The van der Waals surface area contributed by atoms with Crippen molar-refractivity contribution >= 4 is 11.6 Å². The highest BCUT2D eigenvalue weighted by atomic mass is 16.1. The maximum atomic E-state index is 12.7. The third kappa shape index (κ3) is 2.11. The number of carbonyl (C=O) groups excluding carboxylic acids is 2. The normalized spacial score (nSPS) is 12.7. The standard InChI is InChI=1S/C21H14O2/c1-13-6-8-14(9-7-13)15-10-11-18-19(12-15)21(23)17-5-3-2-4-16(17)20(18)22/h2-12H,1H3. The molecule has 0 aliphatic heterocycles. The Morgan fingerprint density at radius 1 is 0.565 bits per heavy atom. The highest BCUT2D eigenvalue weighted by molar-refractivity contribution is 6.28. The molecule has 23 heavy (non-hydrogen) atoms. The predicted octanol–water partition coefficient (Wildman–Crippen LogP) is 4.44. The minimum absolute atomic E-state index is 0.0781. The molecule has 0 unspecified atom stereocenters. The van der Waals surface area contributed by atoms with Gasteiger partial charge in [-0.15, -0.1) is 0 Å². The van der Waals surface area contributed by atoms with Crippen LogP contribution in [-0.4, -0.2) is 11.6 Å². The topological polar surface area (TPSA) is 34.1 Å². The van der Waals surface area contributed by atoms with Crippen molar-refractivity contribution in [3.63, 3.8) is 0 Å². The van der Waals surface area contributed by atoms with Gasteiger partial charge in [-0.05, 0) is 30.2 Å². The Labute approximate surface area is 134 Å². The maximum absolute atomic E-state index is 12.7. The number of aryl methyl sites for hydroxylation is 1. The quantitative estimate of drug-likeness (QED) is 0.520. The zero-order chi connectivity index (χ0) is 16.0. The molecule has 0 radical (unpaired) electrons. The summed E-state index contributed by atoms with van der Waals surface area (Å²) in [6, 6.07) is 20.6. The van der Waals surface area contributed by atoms with Gasteiger partial charge in [0.05, 0.1) is 0 Å². The van der Waals surface area contributed by atoms with Gasteiger partial charge in [0.2, 0.25) is 0 Å². The summed E-state index contributed by atoms with van der Waals surface area (Å²) < 4.78 is 0. The Bertz CT molecular complexity index is 950. The third-order valence-electron chi connectivity index (χ3n) is 4.31. The van der Waals surface area contributed by atoms with Crippen LogP contribution in [0.2, 0.25) is 0 Å². The second-order valence-electron chi connectivity index (χ2n) is 5.83. The Balaban J connectivity index is 1.88. The van der Waals surface area contributed by atoms with Crippen LogP contribution in [-0.2, 0) is 0 Å². The van der Waals surface area contributed by atoms with Crippen molar-refractivity contribution < 1.29 is 9.59 Å². The lowest BCUT2D eigenvalue weighted by atomic mass is 9.83. The Morgan fingerprint density at radius 3 is 1.74 bits per heavy atom. The molecule has 0 saturated carbocycles. The van der Waals surface area contributed by atoms with Gasteiger partial charge in [0, 0.05) is 22.3 Å². The Kier molecular flexibility index (Phi) is 2.98. The minimum atomic E-state index is -0.0795. The summed E-state index contributed by atoms with van der Waals surface area (Å²) in [6.45, 7) is 2.04. The molecule has 2 nitrogen and oxygen atoms in total. The van der Waals surface area contributed by atoms with Gasteiger partial charge in [-0.25, -0.2) is 0 Å². The van der Waals surface area contributed by atoms with Gasteiger partial charge < -0.3 is 0 Å². The summed E-state index contributed by atoms with van der Waals surface area (Å²) in [5.41, 5.74) is 5.14. The van der Waals surface area contributed by atoms with Gasteiger partial charge >= 0.3 is 0 Å². The van der Waals surface area contributed by atoms with E-state index in [-0.39, 0.29) is 11.6 Å². The third-order valence-corrected chi connectivity index (χ3v) is 4.31. The number of ketones is 2. The molecular formula is C21H14O2. The lowest BCUT2D eigenvalue weighted by Crippen LogP contribution is -2.20. The second kappa shape index (κ2) is 5.03. The summed E-state index contributed by atoms with van der Waals surface area (Å²) in [5.74, 6) is -0.158. The van der Waals surface area contributed by atoms with Gasteiger partial charge in [0.1, 0.15) is 0 Å². The van der Waals surface area contributed by atoms with Gasteiger partial charge in [-0.3, -0.25) is 9.59 Å². The lowest BCUT2D eigenvalue weighted by molar-refractivity contribution is 0.0979.